The van der Waals surface area contributed by atoms with Gasteiger partial charge in [0.15, 0.2) is 0 Å². The van der Waals surface area contributed by atoms with Crippen LogP contribution in [0.25, 0.3) is 0 Å². The molecule has 1 aliphatic rings. The quantitative estimate of drug-likeness (QED) is 0.611. The summed E-state index contributed by atoms with van der Waals surface area (Å²) in [4.78, 5) is 0. The summed E-state index contributed by atoms with van der Waals surface area (Å²) in [6, 6.07) is 0. The van der Waals surface area contributed by atoms with Gasteiger partial charge in [-0.3, -0.25) is 0 Å². The van der Waals surface area contributed by atoms with Crippen molar-refractivity contribution in [2.24, 2.45) is 29.6 Å². The highest BCUT2D eigenvalue weighted by atomic mass is 14.4. The lowest BCUT2D eigenvalue weighted by Crippen LogP contribution is -2.28. The molecule has 0 heteroatoms. The van der Waals surface area contributed by atoms with Crippen molar-refractivity contribution in [1.29, 1.82) is 0 Å². The van der Waals surface area contributed by atoms with E-state index in [0.717, 1.165) is 29.6 Å². The molecule has 3 atom stereocenters. The van der Waals surface area contributed by atoms with Crippen molar-refractivity contribution in [3.63, 3.8) is 0 Å². The number of hydrogen-bond acceptors (Lipinski definition) is 0. The minimum absolute atomic E-state index is 0.884. The average Bonchev–Trinajstić information content (AvgIpc) is 2.07. The maximum absolute atomic E-state index is 2.43. The van der Waals surface area contributed by atoms with Gasteiger partial charge >= 0.3 is 0 Å². The van der Waals surface area contributed by atoms with Gasteiger partial charge in [0.2, 0.25) is 0 Å². The van der Waals surface area contributed by atoms with E-state index in [1.165, 1.54) is 25.7 Å². The molecule has 0 heterocycles. The number of hydrogen-bond donors (Lipinski definition) is 0. The van der Waals surface area contributed by atoms with Crippen molar-refractivity contribution in [1.82, 2.24) is 0 Å². The maximum Gasteiger partial charge on any atom is -0.0360 e. The Labute approximate surface area is 90.5 Å². The summed E-state index contributed by atoms with van der Waals surface area (Å²) < 4.78 is 0. The molecule has 3 unspecified atom stereocenters. The van der Waals surface area contributed by atoms with Gasteiger partial charge in [0, 0.05) is 0 Å². The maximum atomic E-state index is 2.43. The molecule has 0 aliphatic heterocycles. The first-order valence-corrected chi connectivity index (χ1v) is 6.50. The van der Waals surface area contributed by atoms with Crippen molar-refractivity contribution in [3.05, 3.63) is 0 Å². The van der Waals surface area contributed by atoms with E-state index in [9.17, 15) is 0 Å². The Bertz CT molecular complexity index is 157. The fourth-order valence-corrected chi connectivity index (χ4v) is 3.20. The van der Waals surface area contributed by atoms with E-state index in [2.05, 4.69) is 34.6 Å². The van der Waals surface area contributed by atoms with Crippen LogP contribution in [0.2, 0.25) is 0 Å². The molecule has 0 nitrogen and oxygen atoms in total. The molecule has 0 saturated heterocycles. The summed E-state index contributed by atoms with van der Waals surface area (Å²) in [6.07, 6.45) is 5.90. The van der Waals surface area contributed by atoms with Gasteiger partial charge < -0.3 is 0 Å². The lowest BCUT2D eigenvalue weighted by atomic mass is 9.68. The van der Waals surface area contributed by atoms with E-state index in [0.29, 0.717) is 0 Å². The Kier molecular flexibility index (Phi) is 4.47. The normalized spacial score (nSPS) is 34.1. The molecule has 84 valence electrons. The molecule has 1 aliphatic carbocycles. The molecule has 0 aromatic heterocycles. The molecule has 0 radical (unpaired) electrons. The molecule has 1 saturated carbocycles. The second kappa shape index (κ2) is 5.19. The summed E-state index contributed by atoms with van der Waals surface area (Å²) >= 11 is 0. The zero-order valence-electron chi connectivity index (χ0n) is 10.7. The topological polar surface area (TPSA) is 0 Å². The molecule has 1 rings (SSSR count). The molecular weight excluding hydrogens is 168 g/mol. The molecule has 0 spiro atoms. The lowest BCUT2D eigenvalue weighted by molar-refractivity contribution is 0.124. The predicted molar refractivity (Wildman–Crippen MR) is 64.3 cm³/mol. The molecule has 0 bridgehead atoms. The summed E-state index contributed by atoms with van der Waals surface area (Å²) in [5, 5.41) is 0. The van der Waals surface area contributed by atoms with Crippen molar-refractivity contribution in [3.8, 4) is 0 Å². The molecule has 0 aromatic carbocycles. The van der Waals surface area contributed by atoms with Gasteiger partial charge in [-0.2, -0.15) is 0 Å². The van der Waals surface area contributed by atoms with E-state index < -0.39 is 0 Å². The van der Waals surface area contributed by atoms with Crippen LogP contribution in [0.4, 0.5) is 0 Å². The van der Waals surface area contributed by atoms with Crippen LogP contribution in [-0.4, -0.2) is 0 Å². The van der Waals surface area contributed by atoms with Gasteiger partial charge in [-0.1, -0.05) is 41.0 Å². The van der Waals surface area contributed by atoms with Crippen LogP contribution >= 0.6 is 0 Å². The molecule has 0 aromatic rings. The number of rotatable bonds is 3. The Morgan fingerprint density at radius 3 is 2.21 bits per heavy atom. The SMILES string of the molecule is CC(C)CC1CCC(C)CC1C(C)C. The van der Waals surface area contributed by atoms with E-state index in [1.54, 1.807) is 0 Å². The second-order valence-electron chi connectivity index (χ2n) is 6.22. The van der Waals surface area contributed by atoms with Crippen LogP contribution in [0.15, 0.2) is 0 Å². The zero-order chi connectivity index (χ0) is 10.7. The largest absolute Gasteiger partial charge is 0.0628 e. The molecule has 1 fully saturated rings. The fraction of sp³-hybridized carbons (Fsp3) is 1.00. The van der Waals surface area contributed by atoms with Gasteiger partial charge in [-0.15, -0.1) is 0 Å². The van der Waals surface area contributed by atoms with Crippen LogP contribution in [-0.2, 0) is 0 Å². The van der Waals surface area contributed by atoms with E-state index in [-0.39, 0.29) is 0 Å². The summed E-state index contributed by atoms with van der Waals surface area (Å²) in [5.74, 6) is 4.77. The minimum atomic E-state index is 0.884. The highest BCUT2D eigenvalue weighted by Gasteiger charge is 2.30. The Morgan fingerprint density at radius 1 is 1.07 bits per heavy atom. The monoisotopic (exact) mass is 196 g/mol. The first kappa shape index (κ1) is 12.1. The average molecular weight is 196 g/mol. The van der Waals surface area contributed by atoms with Crippen LogP contribution in [0.5, 0.6) is 0 Å². The van der Waals surface area contributed by atoms with Crippen molar-refractivity contribution in [2.75, 3.05) is 0 Å². The Balaban J connectivity index is 2.53. The lowest BCUT2D eigenvalue weighted by Gasteiger charge is -2.38. The van der Waals surface area contributed by atoms with Crippen molar-refractivity contribution < 1.29 is 0 Å². The van der Waals surface area contributed by atoms with Crippen LogP contribution in [0.3, 0.4) is 0 Å². The third-order valence-electron chi connectivity index (χ3n) is 3.94. The smallest absolute Gasteiger partial charge is 0.0360 e. The Morgan fingerprint density at radius 2 is 1.71 bits per heavy atom. The first-order chi connectivity index (χ1) is 6.50. The van der Waals surface area contributed by atoms with E-state index in [1.807, 2.05) is 0 Å². The van der Waals surface area contributed by atoms with Crippen molar-refractivity contribution in [2.45, 2.75) is 60.3 Å². The van der Waals surface area contributed by atoms with Gasteiger partial charge in [0.1, 0.15) is 0 Å². The molecule has 0 amide bonds. The van der Waals surface area contributed by atoms with Gasteiger partial charge in [-0.05, 0) is 48.9 Å². The first-order valence-electron chi connectivity index (χ1n) is 6.50. The summed E-state index contributed by atoms with van der Waals surface area (Å²) in [5.41, 5.74) is 0. The van der Waals surface area contributed by atoms with Crippen molar-refractivity contribution >= 4 is 0 Å². The van der Waals surface area contributed by atoms with Gasteiger partial charge in [0.25, 0.3) is 0 Å². The fourth-order valence-electron chi connectivity index (χ4n) is 3.20. The van der Waals surface area contributed by atoms with Gasteiger partial charge in [0.05, 0.1) is 0 Å². The molecular formula is C14H28. The Hall–Kier alpha value is 0. The molecule has 0 N–H and O–H groups in total. The predicted octanol–water partition coefficient (Wildman–Crippen LogP) is 4.74. The molecule has 14 heavy (non-hydrogen) atoms. The van der Waals surface area contributed by atoms with E-state index in [4.69, 9.17) is 0 Å². The summed E-state index contributed by atoms with van der Waals surface area (Å²) in [7, 11) is 0. The van der Waals surface area contributed by atoms with Gasteiger partial charge in [-0.25, -0.2) is 0 Å². The van der Waals surface area contributed by atoms with Crippen LogP contribution in [0, 0.1) is 29.6 Å². The van der Waals surface area contributed by atoms with Crippen LogP contribution < -0.4 is 0 Å². The third kappa shape index (κ3) is 3.29. The highest BCUT2D eigenvalue weighted by molar-refractivity contribution is 4.81. The second-order valence-corrected chi connectivity index (χ2v) is 6.22. The summed E-state index contributed by atoms with van der Waals surface area (Å²) in [6.45, 7) is 12.0. The van der Waals surface area contributed by atoms with E-state index >= 15 is 0 Å². The minimum Gasteiger partial charge on any atom is -0.0628 e. The highest BCUT2D eigenvalue weighted by Crippen LogP contribution is 2.40. The third-order valence-corrected chi connectivity index (χ3v) is 3.94. The standard InChI is InChI=1S/C14H28/c1-10(2)8-13-7-6-12(5)9-14(13)11(3)4/h10-14H,6-9H2,1-5H3. The van der Waals surface area contributed by atoms with Crippen LogP contribution in [0.1, 0.15) is 60.3 Å². The zero-order valence-corrected chi connectivity index (χ0v) is 10.7.